The lowest BCUT2D eigenvalue weighted by molar-refractivity contribution is -0.124. The molecule has 0 bridgehead atoms. The maximum absolute atomic E-state index is 11.8. The number of nitrogens with one attached hydrogen (secondary N) is 1. The highest BCUT2D eigenvalue weighted by Gasteiger charge is 2.34. The van der Waals surface area contributed by atoms with Gasteiger partial charge in [0.1, 0.15) is 6.04 Å². The molecule has 2 rings (SSSR count). The first-order chi connectivity index (χ1) is 8.56. The lowest BCUT2D eigenvalue weighted by atomic mass is 10.0. The van der Waals surface area contributed by atoms with E-state index in [-0.39, 0.29) is 18.6 Å². The summed E-state index contributed by atoms with van der Waals surface area (Å²) in [7, 11) is 0. The van der Waals surface area contributed by atoms with Crippen molar-refractivity contribution in [2.24, 2.45) is 0 Å². The Labute approximate surface area is 108 Å². The molecule has 4 heteroatoms. The predicted molar refractivity (Wildman–Crippen MR) is 71.7 cm³/mol. The average Bonchev–Trinajstić information content (AvgIpc) is 2.36. The standard InChI is InChI=1S/C14H20N2O2/c1-9-5-4-6-12(11(9)3)16-10(2)7-15-14(18)13(16)8-17/h4-6,10,13,17H,7-8H2,1-3H3,(H,15,18). The first-order valence-corrected chi connectivity index (χ1v) is 6.29. The summed E-state index contributed by atoms with van der Waals surface area (Å²) < 4.78 is 0. The van der Waals surface area contributed by atoms with Gasteiger partial charge in [0, 0.05) is 18.3 Å². The van der Waals surface area contributed by atoms with Crippen molar-refractivity contribution in [2.75, 3.05) is 18.1 Å². The Hall–Kier alpha value is -1.55. The molecule has 1 aliphatic rings. The van der Waals surface area contributed by atoms with Crippen molar-refractivity contribution in [2.45, 2.75) is 32.9 Å². The Morgan fingerprint density at radius 3 is 2.83 bits per heavy atom. The van der Waals surface area contributed by atoms with Gasteiger partial charge in [0.15, 0.2) is 0 Å². The maximum Gasteiger partial charge on any atom is 0.245 e. The van der Waals surface area contributed by atoms with Crippen molar-refractivity contribution < 1.29 is 9.90 Å². The second-order valence-electron chi connectivity index (χ2n) is 4.92. The van der Waals surface area contributed by atoms with Crippen LogP contribution in [-0.2, 0) is 4.79 Å². The van der Waals surface area contributed by atoms with Crippen LogP contribution in [0.15, 0.2) is 18.2 Å². The molecule has 1 fully saturated rings. The highest BCUT2D eigenvalue weighted by atomic mass is 16.3. The Morgan fingerprint density at radius 2 is 2.17 bits per heavy atom. The van der Waals surface area contributed by atoms with Gasteiger partial charge in [-0.25, -0.2) is 0 Å². The Balaban J connectivity index is 2.45. The van der Waals surface area contributed by atoms with E-state index in [2.05, 4.69) is 32.2 Å². The largest absolute Gasteiger partial charge is 0.394 e. The van der Waals surface area contributed by atoms with Crippen molar-refractivity contribution in [3.8, 4) is 0 Å². The third-order valence-electron chi connectivity index (χ3n) is 3.71. The fourth-order valence-electron chi connectivity index (χ4n) is 2.49. The second-order valence-corrected chi connectivity index (χ2v) is 4.92. The number of anilines is 1. The SMILES string of the molecule is Cc1cccc(N2C(C)CNC(=O)C2CO)c1C. The summed E-state index contributed by atoms with van der Waals surface area (Å²) in [6.07, 6.45) is 0. The topological polar surface area (TPSA) is 52.6 Å². The van der Waals surface area contributed by atoms with Crippen molar-refractivity contribution in [1.29, 1.82) is 0 Å². The van der Waals surface area contributed by atoms with E-state index in [0.29, 0.717) is 6.54 Å². The molecular weight excluding hydrogens is 228 g/mol. The Bertz CT molecular complexity index is 459. The van der Waals surface area contributed by atoms with Gasteiger partial charge >= 0.3 is 0 Å². The number of rotatable bonds is 2. The van der Waals surface area contributed by atoms with Crippen molar-refractivity contribution >= 4 is 11.6 Å². The van der Waals surface area contributed by atoms with Crippen LogP contribution in [0.4, 0.5) is 5.69 Å². The molecule has 1 saturated heterocycles. The minimum absolute atomic E-state index is 0.100. The molecule has 2 unspecified atom stereocenters. The number of benzene rings is 1. The highest BCUT2D eigenvalue weighted by Crippen LogP contribution is 2.27. The molecule has 1 aromatic carbocycles. The third kappa shape index (κ3) is 2.08. The van der Waals surface area contributed by atoms with E-state index in [1.807, 2.05) is 17.0 Å². The van der Waals surface area contributed by atoms with Crippen LogP contribution in [0.2, 0.25) is 0 Å². The summed E-state index contributed by atoms with van der Waals surface area (Å²) >= 11 is 0. The highest BCUT2D eigenvalue weighted by molar-refractivity contribution is 5.87. The van der Waals surface area contributed by atoms with E-state index in [4.69, 9.17) is 0 Å². The molecule has 0 radical (unpaired) electrons. The molecule has 0 aromatic heterocycles. The molecule has 18 heavy (non-hydrogen) atoms. The molecule has 2 N–H and O–H groups in total. The van der Waals surface area contributed by atoms with Crippen LogP contribution < -0.4 is 10.2 Å². The molecule has 1 heterocycles. The molecule has 1 aromatic rings. The van der Waals surface area contributed by atoms with Gasteiger partial charge in [0.2, 0.25) is 5.91 Å². The van der Waals surface area contributed by atoms with Crippen LogP contribution in [0.5, 0.6) is 0 Å². The van der Waals surface area contributed by atoms with Gasteiger partial charge in [-0.15, -0.1) is 0 Å². The van der Waals surface area contributed by atoms with Crippen LogP contribution in [0, 0.1) is 13.8 Å². The number of piperazine rings is 1. The van der Waals surface area contributed by atoms with E-state index in [9.17, 15) is 9.90 Å². The van der Waals surface area contributed by atoms with Gasteiger partial charge in [-0.05, 0) is 38.0 Å². The van der Waals surface area contributed by atoms with Crippen LogP contribution in [0.1, 0.15) is 18.1 Å². The molecule has 0 saturated carbocycles. The number of amides is 1. The van der Waals surface area contributed by atoms with Crippen molar-refractivity contribution in [3.05, 3.63) is 29.3 Å². The normalized spacial score (nSPS) is 24.0. The predicted octanol–water partition coefficient (Wildman–Crippen LogP) is 0.989. The number of hydrogen-bond acceptors (Lipinski definition) is 3. The molecule has 0 aliphatic carbocycles. The molecular formula is C14H20N2O2. The number of carbonyl (C=O) groups is 1. The van der Waals surface area contributed by atoms with Crippen LogP contribution >= 0.6 is 0 Å². The number of aliphatic hydroxyl groups excluding tert-OH is 1. The zero-order valence-electron chi connectivity index (χ0n) is 11.1. The molecule has 0 spiro atoms. The summed E-state index contributed by atoms with van der Waals surface area (Å²) in [4.78, 5) is 13.9. The quantitative estimate of drug-likeness (QED) is 0.820. The van der Waals surface area contributed by atoms with Gasteiger partial charge in [-0.2, -0.15) is 0 Å². The summed E-state index contributed by atoms with van der Waals surface area (Å²) in [6, 6.07) is 5.75. The molecule has 98 valence electrons. The summed E-state index contributed by atoms with van der Waals surface area (Å²) in [5.41, 5.74) is 3.40. The van der Waals surface area contributed by atoms with Crippen molar-refractivity contribution in [3.63, 3.8) is 0 Å². The molecule has 2 atom stereocenters. The smallest absolute Gasteiger partial charge is 0.245 e. The summed E-state index contributed by atoms with van der Waals surface area (Å²) in [6.45, 7) is 6.62. The number of hydrogen-bond donors (Lipinski definition) is 2. The van der Waals surface area contributed by atoms with E-state index < -0.39 is 6.04 Å². The zero-order valence-corrected chi connectivity index (χ0v) is 11.1. The van der Waals surface area contributed by atoms with Crippen molar-refractivity contribution in [1.82, 2.24) is 5.32 Å². The fourth-order valence-corrected chi connectivity index (χ4v) is 2.49. The van der Waals surface area contributed by atoms with Gasteiger partial charge < -0.3 is 15.3 Å². The molecule has 4 nitrogen and oxygen atoms in total. The first kappa shape index (κ1) is 12.9. The fraction of sp³-hybridized carbons (Fsp3) is 0.500. The number of carbonyl (C=O) groups excluding carboxylic acids is 1. The third-order valence-corrected chi connectivity index (χ3v) is 3.71. The maximum atomic E-state index is 11.8. The Morgan fingerprint density at radius 1 is 1.44 bits per heavy atom. The molecule has 1 amide bonds. The van der Waals surface area contributed by atoms with Crippen LogP contribution in [0.3, 0.4) is 0 Å². The second kappa shape index (κ2) is 4.98. The monoisotopic (exact) mass is 248 g/mol. The van der Waals surface area contributed by atoms with Gasteiger partial charge in [0.25, 0.3) is 0 Å². The zero-order chi connectivity index (χ0) is 13.3. The minimum Gasteiger partial charge on any atom is -0.394 e. The van der Waals surface area contributed by atoms with E-state index in [1.165, 1.54) is 5.56 Å². The average molecular weight is 248 g/mol. The van der Waals surface area contributed by atoms with E-state index >= 15 is 0 Å². The van der Waals surface area contributed by atoms with Gasteiger partial charge in [-0.3, -0.25) is 4.79 Å². The minimum atomic E-state index is -0.491. The lowest BCUT2D eigenvalue weighted by Crippen LogP contribution is -2.61. The van der Waals surface area contributed by atoms with Crippen LogP contribution in [0.25, 0.3) is 0 Å². The Kier molecular flexibility index (Phi) is 3.57. The van der Waals surface area contributed by atoms with Gasteiger partial charge in [-0.1, -0.05) is 12.1 Å². The van der Waals surface area contributed by atoms with Gasteiger partial charge in [0.05, 0.1) is 6.61 Å². The molecule has 1 aliphatic heterocycles. The summed E-state index contributed by atoms with van der Waals surface area (Å²) in [5, 5.41) is 12.3. The van der Waals surface area contributed by atoms with E-state index in [1.54, 1.807) is 0 Å². The first-order valence-electron chi connectivity index (χ1n) is 6.29. The van der Waals surface area contributed by atoms with E-state index in [0.717, 1.165) is 11.3 Å². The summed E-state index contributed by atoms with van der Waals surface area (Å²) in [5.74, 6) is -0.100. The lowest BCUT2D eigenvalue weighted by Gasteiger charge is -2.41. The number of aliphatic hydroxyl groups is 1. The van der Waals surface area contributed by atoms with Crippen LogP contribution in [-0.4, -0.2) is 36.2 Å². The number of nitrogens with zero attached hydrogens (tertiary/aromatic N) is 1. The number of aryl methyl sites for hydroxylation is 1.